The number of halogens is 3. The third-order valence-corrected chi connectivity index (χ3v) is 3.17. The van der Waals surface area contributed by atoms with Gasteiger partial charge in [-0.3, -0.25) is 4.68 Å². The SMILES string of the molecule is CCn1cc(NCc2cc(Br)ccc2OC(F)F)cn1. The molecule has 1 aromatic heterocycles. The number of ether oxygens (including phenoxy) is 1. The second kappa shape index (κ2) is 6.69. The summed E-state index contributed by atoms with van der Waals surface area (Å²) in [6.07, 6.45) is 3.54. The Balaban J connectivity index is 2.09. The summed E-state index contributed by atoms with van der Waals surface area (Å²) >= 11 is 3.32. The van der Waals surface area contributed by atoms with E-state index in [0.717, 1.165) is 16.7 Å². The van der Waals surface area contributed by atoms with Gasteiger partial charge in [0.15, 0.2) is 0 Å². The molecule has 1 N–H and O–H groups in total. The number of aryl methyl sites for hydroxylation is 1. The smallest absolute Gasteiger partial charge is 0.387 e. The van der Waals surface area contributed by atoms with Gasteiger partial charge in [0.1, 0.15) is 5.75 Å². The minimum absolute atomic E-state index is 0.165. The molecule has 0 atom stereocenters. The Morgan fingerprint density at radius 2 is 2.25 bits per heavy atom. The van der Waals surface area contributed by atoms with Crippen LogP contribution in [0.4, 0.5) is 14.5 Å². The normalized spacial score (nSPS) is 10.8. The number of anilines is 1. The molecule has 0 bridgehead atoms. The van der Waals surface area contributed by atoms with Crippen molar-refractivity contribution in [2.45, 2.75) is 26.6 Å². The summed E-state index contributed by atoms with van der Waals surface area (Å²) in [5.74, 6) is 0.165. The predicted molar refractivity (Wildman–Crippen MR) is 76.0 cm³/mol. The number of rotatable bonds is 6. The largest absolute Gasteiger partial charge is 0.434 e. The summed E-state index contributed by atoms with van der Waals surface area (Å²) in [4.78, 5) is 0. The van der Waals surface area contributed by atoms with Crippen LogP contribution in [0, 0.1) is 0 Å². The highest BCUT2D eigenvalue weighted by atomic mass is 79.9. The molecule has 20 heavy (non-hydrogen) atoms. The first-order chi connectivity index (χ1) is 9.58. The maximum atomic E-state index is 12.3. The van der Waals surface area contributed by atoms with Crippen molar-refractivity contribution < 1.29 is 13.5 Å². The summed E-state index contributed by atoms with van der Waals surface area (Å²) in [6.45, 7) is 0.298. The van der Waals surface area contributed by atoms with E-state index < -0.39 is 6.61 Å². The number of hydrogen-bond acceptors (Lipinski definition) is 3. The van der Waals surface area contributed by atoms with Gasteiger partial charge in [-0.25, -0.2) is 0 Å². The van der Waals surface area contributed by atoms with Gasteiger partial charge < -0.3 is 10.1 Å². The van der Waals surface area contributed by atoms with Gasteiger partial charge in [0.25, 0.3) is 0 Å². The second-order valence-electron chi connectivity index (χ2n) is 4.07. The van der Waals surface area contributed by atoms with Crippen LogP contribution in [0.1, 0.15) is 12.5 Å². The average Bonchev–Trinajstić information content (AvgIpc) is 2.86. The molecule has 7 heteroatoms. The number of alkyl halides is 2. The van der Waals surface area contributed by atoms with Crippen molar-refractivity contribution in [2.75, 3.05) is 5.32 Å². The molecule has 0 fully saturated rings. The first kappa shape index (κ1) is 14.8. The van der Waals surface area contributed by atoms with Crippen molar-refractivity contribution in [3.8, 4) is 5.75 Å². The van der Waals surface area contributed by atoms with E-state index in [2.05, 4.69) is 31.1 Å². The molecule has 2 rings (SSSR count). The Morgan fingerprint density at radius 1 is 1.45 bits per heavy atom. The lowest BCUT2D eigenvalue weighted by Gasteiger charge is -2.12. The second-order valence-corrected chi connectivity index (χ2v) is 4.98. The van der Waals surface area contributed by atoms with Gasteiger partial charge in [-0.1, -0.05) is 15.9 Å². The van der Waals surface area contributed by atoms with Crippen molar-refractivity contribution in [3.63, 3.8) is 0 Å². The van der Waals surface area contributed by atoms with E-state index in [4.69, 9.17) is 0 Å². The topological polar surface area (TPSA) is 39.1 Å². The Hall–Kier alpha value is -1.63. The van der Waals surface area contributed by atoms with E-state index in [1.54, 1.807) is 23.0 Å². The highest BCUT2D eigenvalue weighted by Gasteiger charge is 2.10. The van der Waals surface area contributed by atoms with E-state index in [0.29, 0.717) is 12.1 Å². The third kappa shape index (κ3) is 3.93. The first-order valence-corrected chi connectivity index (χ1v) is 6.87. The molecule has 0 saturated heterocycles. The maximum absolute atomic E-state index is 12.3. The number of nitrogens with one attached hydrogen (secondary N) is 1. The molecule has 0 spiro atoms. The zero-order chi connectivity index (χ0) is 14.5. The lowest BCUT2D eigenvalue weighted by atomic mass is 10.2. The molecular formula is C13H14BrF2N3O. The van der Waals surface area contributed by atoms with Crippen molar-refractivity contribution in [1.29, 1.82) is 0 Å². The van der Waals surface area contributed by atoms with Gasteiger partial charge >= 0.3 is 6.61 Å². The Bertz CT molecular complexity index is 574. The monoisotopic (exact) mass is 345 g/mol. The zero-order valence-electron chi connectivity index (χ0n) is 10.8. The van der Waals surface area contributed by atoms with Gasteiger partial charge in [0.05, 0.1) is 11.9 Å². The molecule has 0 amide bonds. The third-order valence-electron chi connectivity index (χ3n) is 2.68. The molecule has 0 aliphatic carbocycles. The Labute approximate surface area is 123 Å². The van der Waals surface area contributed by atoms with E-state index in [1.807, 2.05) is 13.1 Å². The van der Waals surface area contributed by atoms with Gasteiger partial charge in [0, 0.05) is 29.3 Å². The molecule has 0 saturated carbocycles. The summed E-state index contributed by atoms with van der Waals surface area (Å²) in [6, 6.07) is 4.92. The summed E-state index contributed by atoms with van der Waals surface area (Å²) in [5.41, 5.74) is 1.47. The summed E-state index contributed by atoms with van der Waals surface area (Å²) in [5, 5.41) is 7.26. The lowest BCUT2D eigenvalue weighted by molar-refractivity contribution is -0.0504. The average molecular weight is 346 g/mol. The zero-order valence-corrected chi connectivity index (χ0v) is 12.4. The molecule has 0 aliphatic heterocycles. The van der Waals surface area contributed by atoms with Gasteiger partial charge in [-0.05, 0) is 25.1 Å². The van der Waals surface area contributed by atoms with Crippen LogP contribution in [0.5, 0.6) is 5.75 Å². The summed E-state index contributed by atoms with van der Waals surface area (Å²) in [7, 11) is 0. The van der Waals surface area contributed by atoms with Crippen LogP contribution < -0.4 is 10.1 Å². The van der Waals surface area contributed by atoms with E-state index >= 15 is 0 Å². The molecule has 2 aromatic rings. The molecule has 108 valence electrons. The van der Waals surface area contributed by atoms with Gasteiger partial charge in [-0.2, -0.15) is 13.9 Å². The molecule has 0 radical (unpaired) electrons. The standard InChI is InChI=1S/C13H14BrF2N3O/c1-2-19-8-11(7-18-19)17-6-9-5-10(14)3-4-12(9)20-13(15)16/h3-5,7-8,13,17H,2,6H2,1H3. The fourth-order valence-electron chi connectivity index (χ4n) is 1.72. The van der Waals surface area contributed by atoms with Crippen molar-refractivity contribution in [3.05, 3.63) is 40.6 Å². The Kier molecular flexibility index (Phi) is 4.94. The first-order valence-electron chi connectivity index (χ1n) is 6.08. The van der Waals surface area contributed by atoms with E-state index in [1.165, 1.54) is 6.07 Å². The van der Waals surface area contributed by atoms with Crippen LogP contribution in [0.2, 0.25) is 0 Å². The molecule has 1 aromatic carbocycles. The molecule has 1 heterocycles. The number of nitrogens with zero attached hydrogens (tertiary/aromatic N) is 2. The highest BCUT2D eigenvalue weighted by molar-refractivity contribution is 9.10. The minimum atomic E-state index is -2.84. The van der Waals surface area contributed by atoms with Crippen LogP contribution in [-0.2, 0) is 13.1 Å². The highest BCUT2D eigenvalue weighted by Crippen LogP contribution is 2.25. The number of benzene rings is 1. The Morgan fingerprint density at radius 3 is 2.90 bits per heavy atom. The molecular weight excluding hydrogens is 332 g/mol. The van der Waals surface area contributed by atoms with Crippen molar-refractivity contribution >= 4 is 21.6 Å². The van der Waals surface area contributed by atoms with Crippen LogP contribution in [0.25, 0.3) is 0 Å². The van der Waals surface area contributed by atoms with Crippen LogP contribution in [0.15, 0.2) is 35.1 Å². The fraction of sp³-hybridized carbons (Fsp3) is 0.308. The van der Waals surface area contributed by atoms with Crippen molar-refractivity contribution in [2.24, 2.45) is 0 Å². The van der Waals surface area contributed by atoms with Crippen LogP contribution in [0.3, 0.4) is 0 Å². The molecule has 0 unspecified atom stereocenters. The predicted octanol–water partition coefficient (Wildman–Crippen LogP) is 3.88. The van der Waals surface area contributed by atoms with E-state index in [9.17, 15) is 8.78 Å². The van der Waals surface area contributed by atoms with Crippen LogP contribution in [-0.4, -0.2) is 16.4 Å². The molecule has 0 aliphatic rings. The fourth-order valence-corrected chi connectivity index (χ4v) is 2.13. The van der Waals surface area contributed by atoms with Crippen LogP contribution >= 0.6 is 15.9 Å². The van der Waals surface area contributed by atoms with Gasteiger partial charge in [0.2, 0.25) is 0 Å². The lowest BCUT2D eigenvalue weighted by Crippen LogP contribution is -2.07. The van der Waals surface area contributed by atoms with Gasteiger partial charge in [-0.15, -0.1) is 0 Å². The van der Waals surface area contributed by atoms with E-state index in [-0.39, 0.29) is 5.75 Å². The number of aromatic nitrogens is 2. The number of hydrogen-bond donors (Lipinski definition) is 1. The summed E-state index contributed by atoms with van der Waals surface area (Å²) < 4.78 is 31.8. The van der Waals surface area contributed by atoms with Crippen molar-refractivity contribution in [1.82, 2.24) is 9.78 Å². The maximum Gasteiger partial charge on any atom is 0.387 e. The quantitative estimate of drug-likeness (QED) is 0.863. The minimum Gasteiger partial charge on any atom is -0.434 e. The molecule has 4 nitrogen and oxygen atoms in total.